The number of ketones is 2. The third-order valence-corrected chi connectivity index (χ3v) is 9.01. The Bertz CT molecular complexity index is 1220. The number of aliphatic hydroxyl groups is 3. The van der Waals surface area contributed by atoms with Crippen LogP contribution in [0.3, 0.4) is 0 Å². The lowest BCUT2D eigenvalue weighted by molar-refractivity contribution is -0.152. The van der Waals surface area contributed by atoms with Gasteiger partial charge in [-0.05, 0) is 74.1 Å². The standard InChI is InChI=1S/C30H40O6/c1-8-18-11-19(10-9-15(2)3)25(33)23-20(18)12-28(6)14-29(7)13-21(32)22(17(5)31)27(35)30(29,36)16(4)24(28)26(23)34/h11,15,17,31-33,36H,8-10,12-14H2,1-7H3. The van der Waals surface area contributed by atoms with Crippen LogP contribution >= 0.6 is 0 Å². The maximum atomic E-state index is 14.2. The topological polar surface area (TPSA) is 115 Å². The van der Waals surface area contributed by atoms with Crippen LogP contribution in [0.4, 0.5) is 0 Å². The van der Waals surface area contributed by atoms with E-state index in [-0.39, 0.29) is 34.9 Å². The van der Waals surface area contributed by atoms with Crippen LogP contribution in [-0.2, 0) is 24.1 Å². The zero-order chi connectivity index (χ0) is 27.0. The van der Waals surface area contributed by atoms with Gasteiger partial charge < -0.3 is 20.4 Å². The van der Waals surface area contributed by atoms with Crippen molar-refractivity contribution in [2.24, 2.45) is 16.7 Å². The maximum absolute atomic E-state index is 14.2. The summed E-state index contributed by atoms with van der Waals surface area (Å²) in [5, 5.41) is 44.3. The molecule has 4 rings (SSSR count). The molecule has 0 heterocycles. The van der Waals surface area contributed by atoms with Crippen LogP contribution in [0, 0.1) is 16.7 Å². The van der Waals surface area contributed by atoms with Gasteiger partial charge in [0.15, 0.2) is 11.4 Å². The molecule has 1 aromatic rings. The number of carbonyl (C=O) groups excluding carboxylic acids is 2. The number of aromatic hydroxyl groups is 1. The molecule has 0 saturated carbocycles. The lowest BCUT2D eigenvalue weighted by atomic mass is 9.47. The Labute approximate surface area is 213 Å². The van der Waals surface area contributed by atoms with Gasteiger partial charge >= 0.3 is 0 Å². The number of phenols is 1. The predicted molar refractivity (Wildman–Crippen MR) is 138 cm³/mol. The lowest BCUT2D eigenvalue weighted by Gasteiger charge is -2.57. The molecule has 0 radical (unpaired) electrons. The second-order valence-electron chi connectivity index (χ2n) is 12.2. The van der Waals surface area contributed by atoms with E-state index in [0.717, 1.165) is 29.5 Å². The number of allylic oxidation sites excluding steroid dienone is 2. The van der Waals surface area contributed by atoms with Gasteiger partial charge in [0.25, 0.3) is 0 Å². The Kier molecular flexibility index (Phi) is 6.33. The second kappa shape index (κ2) is 8.56. The van der Waals surface area contributed by atoms with Crippen LogP contribution in [0.25, 0.3) is 0 Å². The quantitative estimate of drug-likeness (QED) is 0.460. The number of Topliss-reactive ketones (excluding diaryl/α,β-unsaturated/α-hetero) is 2. The first-order valence-electron chi connectivity index (χ1n) is 13.1. The fourth-order valence-electron chi connectivity index (χ4n) is 7.36. The highest BCUT2D eigenvalue weighted by Crippen LogP contribution is 2.63. The Morgan fingerprint density at radius 2 is 1.69 bits per heavy atom. The van der Waals surface area contributed by atoms with Crippen molar-refractivity contribution in [3.05, 3.63) is 50.8 Å². The van der Waals surface area contributed by atoms with Gasteiger partial charge in [-0.2, -0.15) is 0 Å². The van der Waals surface area contributed by atoms with Crippen LogP contribution in [0.1, 0.15) is 94.8 Å². The van der Waals surface area contributed by atoms with Crippen molar-refractivity contribution in [1.82, 2.24) is 0 Å². The third kappa shape index (κ3) is 3.52. The summed E-state index contributed by atoms with van der Waals surface area (Å²) < 4.78 is 0. The summed E-state index contributed by atoms with van der Waals surface area (Å²) >= 11 is 0. The van der Waals surface area contributed by atoms with Crippen LogP contribution in [0.15, 0.2) is 28.5 Å². The summed E-state index contributed by atoms with van der Waals surface area (Å²) in [6.07, 6.45) is 1.84. The van der Waals surface area contributed by atoms with Gasteiger partial charge in [-0.3, -0.25) is 9.59 Å². The maximum Gasteiger partial charge on any atom is 0.201 e. The SMILES string of the molecule is CCc1cc(CCC(C)C)c(O)c2c1CC1(C)CC3(C)CC(O)=C(C(C)O)C(=O)C3(O)C(C)=C1C2=O. The number of benzene rings is 1. The molecule has 0 saturated heterocycles. The van der Waals surface area contributed by atoms with Crippen LogP contribution < -0.4 is 0 Å². The van der Waals surface area contributed by atoms with E-state index >= 15 is 0 Å². The minimum absolute atomic E-state index is 0.00713. The fraction of sp³-hybridized carbons (Fsp3) is 0.600. The average Bonchev–Trinajstić information content (AvgIpc) is 2.75. The summed E-state index contributed by atoms with van der Waals surface area (Å²) in [7, 11) is 0. The molecular formula is C30H40O6. The molecule has 196 valence electrons. The molecular weight excluding hydrogens is 456 g/mol. The minimum Gasteiger partial charge on any atom is -0.512 e. The van der Waals surface area contributed by atoms with Gasteiger partial charge in [0, 0.05) is 22.8 Å². The lowest BCUT2D eigenvalue weighted by Crippen LogP contribution is -2.63. The van der Waals surface area contributed by atoms with E-state index in [2.05, 4.69) is 13.8 Å². The van der Waals surface area contributed by atoms with Gasteiger partial charge in [-0.25, -0.2) is 0 Å². The van der Waals surface area contributed by atoms with Gasteiger partial charge in [0.05, 0.1) is 17.2 Å². The summed E-state index contributed by atoms with van der Waals surface area (Å²) in [5.41, 5.74) is -0.419. The number of carbonyl (C=O) groups is 2. The molecule has 1 aromatic carbocycles. The zero-order valence-corrected chi connectivity index (χ0v) is 22.6. The van der Waals surface area contributed by atoms with Gasteiger partial charge in [0.1, 0.15) is 11.5 Å². The van der Waals surface area contributed by atoms with Crippen molar-refractivity contribution in [2.45, 2.75) is 98.7 Å². The summed E-state index contributed by atoms with van der Waals surface area (Å²) in [4.78, 5) is 27.8. The molecule has 0 amide bonds. The van der Waals surface area contributed by atoms with Gasteiger partial charge in [0.2, 0.25) is 5.78 Å². The Balaban J connectivity index is 1.96. The molecule has 0 aromatic heterocycles. The molecule has 0 spiro atoms. The van der Waals surface area contributed by atoms with E-state index in [9.17, 15) is 30.0 Å². The number of aryl methyl sites for hydroxylation is 2. The number of aliphatic hydroxyl groups excluding tert-OH is 2. The van der Waals surface area contributed by atoms with Crippen LogP contribution in [0.2, 0.25) is 0 Å². The van der Waals surface area contributed by atoms with Crippen molar-refractivity contribution in [3.63, 3.8) is 0 Å². The van der Waals surface area contributed by atoms with Crippen molar-refractivity contribution in [1.29, 1.82) is 0 Å². The monoisotopic (exact) mass is 496 g/mol. The Hall–Kier alpha value is -2.44. The van der Waals surface area contributed by atoms with Crippen LogP contribution in [0.5, 0.6) is 5.75 Å². The van der Waals surface area contributed by atoms with Gasteiger partial charge in [-0.15, -0.1) is 0 Å². The number of fused-ring (bicyclic) bond motifs is 3. The number of hydrogen-bond acceptors (Lipinski definition) is 6. The molecule has 0 bridgehead atoms. The zero-order valence-electron chi connectivity index (χ0n) is 22.6. The summed E-state index contributed by atoms with van der Waals surface area (Å²) in [5.74, 6) is -0.836. The van der Waals surface area contributed by atoms with E-state index in [0.29, 0.717) is 36.3 Å². The first-order chi connectivity index (χ1) is 16.6. The molecule has 0 fully saturated rings. The molecule has 6 heteroatoms. The highest BCUT2D eigenvalue weighted by molar-refractivity contribution is 6.16. The molecule has 6 nitrogen and oxygen atoms in total. The largest absolute Gasteiger partial charge is 0.512 e. The minimum atomic E-state index is -2.04. The molecule has 4 N–H and O–H groups in total. The second-order valence-corrected chi connectivity index (χ2v) is 12.2. The first kappa shape index (κ1) is 26.6. The molecule has 4 unspecified atom stereocenters. The molecule has 3 aliphatic rings. The third-order valence-electron chi connectivity index (χ3n) is 9.01. The van der Waals surface area contributed by atoms with E-state index in [1.165, 1.54) is 6.92 Å². The number of rotatable bonds is 5. The van der Waals surface area contributed by atoms with Crippen molar-refractivity contribution < 1.29 is 30.0 Å². The average molecular weight is 497 g/mol. The van der Waals surface area contributed by atoms with E-state index < -0.39 is 28.3 Å². The van der Waals surface area contributed by atoms with E-state index in [4.69, 9.17) is 0 Å². The van der Waals surface area contributed by atoms with Crippen molar-refractivity contribution in [2.75, 3.05) is 0 Å². The van der Waals surface area contributed by atoms with Crippen molar-refractivity contribution in [3.8, 4) is 5.75 Å². The smallest absolute Gasteiger partial charge is 0.201 e. The van der Waals surface area contributed by atoms with Gasteiger partial charge in [-0.1, -0.05) is 40.7 Å². The van der Waals surface area contributed by atoms with Crippen molar-refractivity contribution >= 4 is 11.6 Å². The predicted octanol–water partition coefficient (Wildman–Crippen LogP) is 4.91. The highest BCUT2D eigenvalue weighted by atomic mass is 16.3. The molecule has 3 aliphatic carbocycles. The van der Waals surface area contributed by atoms with E-state index in [1.54, 1.807) is 13.8 Å². The summed E-state index contributed by atoms with van der Waals surface area (Å²) in [6.45, 7) is 13.0. The Morgan fingerprint density at radius 3 is 2.25 bits per heavy atom. The molecule has 4 atom stereocenters. The normalized spacial score (nSPS) is 30.9. The van der Waals surface area contributed by atoms with Crippen LogP contribution in [-0.4, -0.2) is 43.7 Å². The molecule has 0 aliphatic heterocycles. The summed E-state index contributed by atoms with van der Waals surface area (Å²) in [6, 6.07) is 2.03. The number of phenolic OH excluding ortho intramolecular Hbond substituents is 1. The molecule has 36 heavy (non-hydrogen) atoms. The number of hydrogen-bond donors (Lipinski definition) is 4. The van der Waals surface area contributed by atoms with E-state index in [1.807, 2.05) is 19.9 Å². The Morgan fingerprint density at radius 1 is 1.06 bits per heavy atom. The highest BCUT2D eigenvalue weighted by Gasteiger charge is 2.65. The fourth-order valence-corrected chi connectivity index (χ4v) is 7.36. The first-order valence-corrected chi connectivity index (χ1v) is 13.1.